The van der Waals surface area contributed by atoms with E-state index >= 15 is 0 Å². The molecule has 2 aromatic rings. The number of ketones is 1. The Hall–Kier alpha value is -3.60. The second-order valence-electron chi connectivity index (χ2n) is 9.38. The van der Waals surface area contributed by atoms with Crippen LogP contribution in [0.3, 0.4) is 0 Å². The molecule has 34 heavy (non-hydrogen) atoms. The number of amides is 1. The molecule has 1 fully saturated rings. The Labute approximate surface area is 200 Å². The maximum atomic E-state index is 12.7. The van der Waals surface area contributed by atoms with Crippen molar-refractivity contribution in [1.29, 1.82) is 5.26 Å². The topological polar surface area (TPSA) is 111 Å². The molecular weight excluding hydrogens is 434 g/mol. The molecule has 1 saturated carbocycles. The average Bonchev–Trinajstić information content (AvgIpc) is 3.61. The van der Waals surface area contributed by atoms with Crippen molar-refractivity contribution >= 4 is 11.9 Å². The maximum Gasteiger partial charge on any atom is 0.408 e. The number of Topliss-reactive ketones (excluding diaryl/α,β-unsaturated/α-hetero) is 1. The Morgan fingerprint density at radius 3 is 2.59 bits per heavy atom. The molecule has 1 aliphatic rings. The molecular formula is C26H31N3O5. The standard InChI is InChI=1S/C26H31N3O5/c1-5-21(29-25(31)34-26(2,3)4)22(30)12-18-8-11-24(28-15-18)33-20-10-9-19(14-27)23(13-20)32-16-17-6-7-17/h8-11,13,15,17,21H,5-7,12,16H2,1-4H3,(H,29,31)/t21-/m1/s1. The summed E-state index contributed by atoms with van der Waals surface area (Å²) in [5, 5.41) is 11.9. The fourth-order valence-corrected chi connectivity index (χ4v) is 3.15. The molecule has 0 spiro atoms. The zero-order valence-corrected chi connectivity index (χ0v) is 20.1. The van der Waals surface area contributed by atoms with Crippen LogP contribution in [0.4, 0.5) is 4.79 Å². The van der Waals surface area contributed by atoms with Gasteiger partial charge in [0, 0.05) is 24.8 Å². The van der Waals surface area contributed by atoms with Crippen LogP contribution in [0, 0.1) is 17.2 Å². The molecule has 1 aliphatic carbocycles. The van der Waals surface area contributed by atoms with Gasteiger partial charge in [0.1, 0.15) is 23.2 Å². The molecule has 0 radical (unpaired) electrons. The molecule has 1 atom stereocenters. The fraction of sp³-hybridized carbons (Fsp3) is 0.462. The number of hydrogen-bond donors (Lipinski definition) is 1. The lowest BCUT2D eigenvalue weighted by molar-refractivity contribution is -0.120. The maximum absolute atomic E-state index is 12.7. The van der Waals surface area contributed by atoms with E-state index in [2.05, 4.69) is 16.4 Å². The van der Waals surface area contributed by atoms with Crippen molar-refractivity contribution < 1.29 is 23.8 Å². The Kier molecular flexibility index (Phi) is 8.11. The number of carbonyl (C=O) groups excluding carboxylic acids is 2. The van der Waals surface area contributed by atoms with E-state index in [-0.39, 0.29) is 12.2 Å². The Balaban J connectivity index is 1.58. The van der Waals surface area contributed by atoms with Crippen LogP contribution in [0.25, 0.3) is 0 Å². The van der Waals surface area contributed by atoms with Gasteiger partial charge in [-0.15, -0.1) is 0 Å². The summed E-state index contributed by atoms with van der Waals surface area (Å²) < 4.78 is 16.8. The second-order valence-corrected chi connectivity index (χ2v) is 9.38. The van der Waals surface area contributed by atoms with Crippen molar-refractivity contribution in [3.8, 4) is 23.4 Å². The summed E-state index contributed by atoms with van der Waals surface area (Å²) >= 11 is 0. The van der Waals surface area contributed by atoms with E-state index in [1.54, 1.807) is 57.3 Å². The first-order valence-corrected chi connectivity index (χ1v) is 11.5. The molecule has 1 heterocycles. The number of rotatable bonds is 10. The first kappa shape index (κ1) is 25.0. The SMILES string of the molecule is CC[C@@H](NC(=O)OC(C)(C)C)C(=O)Cc1ccc(Oc2ccc(C#N)c(OCC3CC3)c2)nc1. The van der Waals surface area contributed by atoms with Gasteiger partial charge in [0.25, 0.3) is 0 Å². The van der Waals surface area contributed by atoms with Gasteiger partial charge in [0.05, 0.1) is 18.2 Å². The minimum Gasteiger partial charge on any atom is -0.492 e. The van der Waals surface area contributed by atoms with Gasteiger partial charge in [-0.05, 0) is 63.6 Å². The average molecular weight is 466 g/mol. The van der Waals surface area contributed by atoms with Crippen molar-refractivity contribution in [3.05, 3.63) is 47.7 Å². The summed E-state index contributed by atoms with van der Waals surface area (Å²) in [7, 11) is 0. The zero-order chi connectivity index (χ0) is 24.7. The summed E-state index contributed by atoms with van der Waals surface area (Å²) in [6, 6.07) is 9.96. The van der Waals surface area contributed by atoms with Crippen LogP contribution in [0.2, 0.25) is 0 Å². The number of benzene rings is 1. The van der Waals surface area contributed by atoms with E-state index in [9.17, 15) is 14.9 Å². The van der Waals surface area contributed by atoms with E-state index in [4.69, 9.17) is 14.2 Å². The van der Waals surface area contributed by atoms with Gasteiger partial charge in [0.15, 0.2) is 5.78 Å². The number of ether oxygens (including phenoxy) is 3. The summed E-state index contributed by atoms with van der Waals surface area (Å²) in [6.07, 6.45) is 3.85. The van der Waals surface area contributed by atoms with Gasteiger partial charge in [-0.3, -0.25) is 4.79 Å². The van der Waals surface area contributed by atoms with Gasteiger partial charge in [-0.1, -0.05) is 13.0 Å². The number of nitriles is 1. The highest BCUT2D eigenvalue weighted by Gasteiger charge is 2.24. The smallest absolute Gasteiger partial charge is 0.408 e. The molecule has 8 nitrogen and oxygen atoms in total. The van der Waals surface area contributed by atoms with Crippen LogP contribution in [-0.4, -0.2) is 35.1 Å². The third-order valence-electron chi connectivity index (χ3n) is 5.13. The summed E-state index contributed by atoms with van der Waals surface area (Å²) in [5.41, 5.74) is 0.528. The largest absolute Gasteiger partial charge is 0.492 e. The van der Waals surface area contributed by atoms with Crippen LogP contribution in [0.5, 0.6) is 17.4 Å². The zero-order valence-electron chi connectivity index (χ0n) is 20.1. The number of hydrogen-bond acceptors (Lipinski definition) is 7. The third kappa shape index (κ3) is 7.77. The normalized spacial score (nSPS) is 14.0. The van der Waals surface area contributed by atoms with Crippen LogP contribution in [-0.2, 0) is 16.0 Å². The highest BCUT2D eigenvalue weighted by Crippen LogP contribution is 2.32. The van der Waals surface area contributed by atoms with E-state index in [0.717, 1.165) is 12.8 Å². The molecule has 1 N–H and O–H groups in total. The summed E-state index contributed by atoms with van der Waals surface area (Å²) in [5.74, 6) is 1.80. The second kappa shape index (κ2) is 11.0. The summed E-state index contributed by atoms with van der Waals surface area (Å²) in [4.78, 5) is 29.0. The molecule has 1 aromatic carbocycles. The predicted molar refractivity (Wildman–Crippen MR) is 126 cm³/mol. The molecule has 180 valence electrons. The molecule has 8 heteroatoms. The van der Waals surface area contributed by atoms with Crippen LogP contribution in [0.1, 0.15) is 58.1 Å². The van der Waals surface area contributed by atoms with Crippen molar-refractivity contribution in [3.63, 3.8) is 0 Å². The number of nitrogens with zero attached hydrogens (tertiary/aromatic N) is 2. The van der Waals surface area contributed by atoms with E-state index in [1.807, 2.05) is 6.92 Å². The monoisotopic (exact) mass is 465 g/mol. The van der Waals surface area contributed by atoms with E-state index < -0.39 is 17.7 Å². The molecule has 0 saturated heterocycles. The summed E-state index contributed by atoms with van der Waals surface area (Å²) in [6.45, 7) is 7.73. The van der Waals surface area contributed by atoms with Crippen molar-refractivity contribution in [2.45, 2.75) is 65.0 Å². The third-order valence-corrected chi connectivity index (χ3v) is 5.13. The minimum atomic E-state index is -0.640. The van der Waals surface area contributed by atoms with Crippen molar-refractivity contribution in [2.75, 3.05) is 6.61 Å². The minimum absolute atomic E-state index is 0.123. The molecule has 0 aliphatic heterocycles. The van der Waals surface area contributed by atoms with Crippen LogP contribution in [0.15, 0.2) is 36.5 Å². The first-order chi connectivity index (χ1) is 16.2. The quantitative estimate of drug-likeness (QED) is 0.528. The number of pyridine rings is 1. The lowest BCUT2D eigenvalue weighted by Gasteiger charge is -2.22. The van der Waals surface area contributed by atoms with Gasteiger partial charge < -0.3 is 19.5 Å². The first-order valence-electron chi connectivity index (χ1n) is 11.5. The molecule has 1 aromatic heterocycles. The van der Waals surface area contributed by atoms with Gasteiger partial charge in [-0.25, -0.2) is 9.78 Å². The highest BCUT2D eigenvalue weighted by molar-refractivity contribution is 5.89. The van der Waals surface area contributed by atoms with Crippen molar-refractivity contribution in [2.24, 2.45) is 5.92 Å². The van der Waals surface area contributed by atoms with E-state index in [0.29, 0.717) is 47.5 Å². The van der Waals surface area contributed by atoms with Crippen LogP contribution >= 0.6 is 0 Å². The van der Waals surface area contributed by atoms with E-state index in [1.165, 1.54) is 0 Å². The Bertz CT molecular complexity index is 1050. The lowest BCUT2D eigenvalue weighted by atomic mass is 10.0. The fourth-order valence-electron chi connectivity index (χ4n) is 3.15. The molecule has 0 bridgehead atoms. The highest BCUT2D eigenvalue weighted by atomic mass is 16.6. The van der Waals surface area contributed by atoms with Gasteiger partial charge in [-0.2, -0.15) is 5.26 Å². The molecule has 3 rings (SSSR count). The predicted octanol–water partition coefficient (Wildman–Crippen LogP) is 4.95. The lowest BCUT2D eigenvalue weighted by Crippen LogP contribution is -2.43. The van der Waals surface area contributed by atoms with Crippen LogP contribution < -0.4 is 14.8 Å². The van der Waals surface area contributed by atoms with Gasteiger partial charge >= 0.3 is 6.09 Å². The number of nitrogens with one attached hydrogen (secondary N) is 1. The number of aromatic nitrogens is 1. The van der Waals surface area contributed by atoms with Crippen molar-refractivity contribution in [1.82, 2.24) is 10.3 Å². The number of alkyl carbamates (subject to hydrolysis) is 1. The Morgan fingerprint density at radius 2 is 2.00 bits per heavy atom. The number of carbonyl (C=O) groups is 2. The Morgan fingerprint density at radius 1 is 1.24 bits per heavy atom. The molecule has 1 amide bonds. The molecule has 0 unspecified atom stereocenters. The van der Waals surface area contributed by atoms with Gasteiger partial charge in [0.2, 0.25) is 5.88 Å².